The van der Waals surface area contributed by atoms with E-state index >= 15 is 0 Å². The number of hydrogen-bond acceptors (Lipinski definition) is 5. The van der Waals surface area contributed by atoms with E-state index < -0.39 is 5.97 Å². The molecule has 0 aliphatic rings. The zero-order valence-electron chi connectivity index (χ0n) is 10.5. The maximum Gasteiger partial charge on any atom is 0.356 e. The minimum Gasteiger partial charge on any atom is -0.494 e. The van der Waals surface area contributed by atoms with Gasteiger partial charge in [0.1, 0.15) is 11.3 Å². The fourth-order valence-electron chi connectivity index (χ4n) is 1.80. The minimum absolute atomic E-state index is 0.249. The fraction of sp³-hybridized carbons (Fsp3) is 0.231. The largest absolute Gasteiger partial charge is 0.494 e. The molecule has 0 aliphatic carbocycles. The van der Waals surface area contributed by atoms with Gasteiger partial charge in [0.05, 0.1) is 14.2 Å². The van der Waals surface area contributed by atoms with Crippen molar-refractivity contribution in [1.82, 2.24) is 4.98 Å². The zero-order chi connectivity index (χ0) is 13.1. The summed E-state index contributed by atoms with van der Waals surface area (Å²) in [7, 11) is 4.69. The van der Waals surface area contributed by atoms with E-state index in [1.54, 1.807) is 26.3 Å². The van der Waals surface area contributed by atoms with Crippen LogP contribution in [0.25, 0.3) is 10.9 Å². The third kappa shape index (κ3) is 1.95. The highest BCUT2D eigenvalue weighted by molar-refractivity contribution is 5.99. The van der Waals surface area contributed by atoms with Crippen LogP contribution >= 0.6 is 0 Å². The van der Waals surface area contributed by atoms with Crippen molar-refractivity contribution in [3.05, 3.63) is 30.0 Å². The Morgan fingerprint density at radius 1 is 1.33 bits per heavy atom. The number of para-hydroxylation sites is 1. The second kappa shape index (κ2) is 4.91. The quantitative estimate of drug-likeness (QED) is 0.840. The monoisotopic (exact) mass is 246 g/mol. The van der Waals surface area contributed by atoms with Crippen LogP contribution in [0.4, 0.5) is 5.69 Å². The number of aromatic nitrogens is 1. The molecule has 0 saturated carbocycles. The normalized spacial score (nSPS) is 10.2. The van der Waals surface area contributed by atoms with Crippen molar-refractivity contribution >= 4 is 22.6 Å². The van der Waals surface area contributed by atoms with Gasteiger partial charge in [0.25, 0.3) is 0 Å². The third-order valence-corrected chi connectivity index (χ3v) is 2.69. The van der Waals surface area contributed by atoms with Crippen molar-refractivity contribution in [3.8, 4) is 5.75 Å². The predicted molar refractivity (Wildman–Crippen MR) is 69.2 cm³/mol. The average molecular weight is 246 g/mol. The lowest BCUT2D eigenvalue weighted by Gasteiger charge is -2.10. The molecule has 0 fully saturated rings. The van der Waals surface area contributed by atoms with Crippen LogP contribution in [-0.4, -0.2) is 32.2 Å². The number of fused-ring (bicyclic) bond motifs is 1. The van der Waals surface area contributed by atoms with Crippen molar-refractivity contribution in [1.29, 1.82) is 0 Å². The minimum atomic E-state index is -0.473. The van der Waals surface area contributed by atoms with Crippen LogP contribution in [0.2, 0.25) is 0 Å². The van der Waals surface area contributed by atoms with E-state index in [1.807, 2.05) is 12.1 Å². The van der Waals surface area contributed by atoms with Crippen molar-refractivity contribution in [3.63, 3.8) is 0 Å². The molecule has 2 aromatic rings. The Kier molecular flexibility index (Phi) is 3.32. The van der Waals surface area contributed by atoms with Crippen molar-refractivity contribution in [2.75, 3.05) is 26.6 Å². The molecule has 0 bridgehead atoms. The number of esters is 1. The summed E-state index contributed by atoms with van der Waals surface area (Å²) in [6.45, 7) is 0. The Balaban J connectivity index is 2.76. The zero-order valence-corrected chi connectivity index (χ0v) is 10.5. The smallest absolute Gasteiger partial charge is 0.356 e. The summed E-state index contributed by atoms with van der Waals surface area (Å²) in [4.78, 5) is 15.9. The first kappa shape index (κ1) is 12.2. The number of carbonyl (C=O) groups is 1. The van der Waals surface area contributed by atoms with Crippen LogP contribution in [0.15, 0.2) is 24.3 Å². The van der Waals surface area contributed by atoms with E-state index in [4.69, 9.17) is 4.74 Å². The van der Waals surface area contributed by atoms with Gasteiger partial charge in [-0.05, 0) is 12.1 Å². The summed E-state index contributed by atoms with van der Waals surface area (Å²) in [5, 5.41) is 3.93. The van der Waals surface area contributed by atoms with Crippen LogP contribution in [0.3, 0.4) is 0 Å². The van der Waals surface area contributed by atoms with E-state index in [0.717, 1.165) is 11.1 Å². The van der Waals surface area contributed by atoms with Gasteiger partial charge in [-0.25, -0.2) is 9.78 Å². The first-order valence-electron chi connectivity index (χ1n) is 5.45. The maximum absolute atomic E-state index is 11.6. The summed E-state index contributed by atoms with van der Waals surface area (Å²) in [5.74, 6) is 0.147. The molecule has 1 heterocycles. The number of methoxy groups -OCH3 is 2. The van der Waals surface area contributed by atoms with Crippen molar-refractivity contribution in [2.24, 2.45) is 0 Å². The molecule has 1 aromatic carbocycles. The topological polar surface area (TPSA) is 60.5 Å². The number of nitrogens with one attached hydrogen (secondary N) is 1. The van der Waals surface area contributed by atoms with Crippen LogP contribution in [-0.2, 0) is 4.74 Å². The van der Waals surface area contributed by atoms with Crippen LogP contribution < -0.4 is 10.1 Å². The Hall–Kier alpha value is -2.30. The van der Waals surface area contributed by atoms with E-state index in [-0.39, 0.29) is 5.69 Å². The van der Waals surface area contributed by atoms with Crippen LogP contribution in [0.5, 0.6) is 5.75 Å². The molecule has 0 radical (unpaired) electrons. The van der Waals surface area contributed by atoms with Gasteiger partial charge in [-0.1, -0.05) is 12.1 Å². The van der Waals surface area contributed by atoms with Gasteiger partial charge in [0.15, 0.2) is 5.69 Å². The molecule has 0 aliphatic heterocycles. The van der Waals surface area contributed by atoms with Crippen molar-refractivity contribution in [2.45, 2.75) is 0 Å². The molecule has 18 heavy (non-hydrogen) atoms. The van der Waals surface area contributed by atoms with E-state index in [9.17, 15) is 4.79 Å². The Morgan fingerprint density at radius 2 is 2.11 bits per heavy atom. The van der Waals surface area contributed by atoms with Gasteiger partial charge in [0, 0.05) is 18.1 Å². The third-order valence-electron chi connectivity index (χ3n) is 2.69. The highest BCUT2D eigenvalue weighted by Crippen LogP contribution is 2.29. The number of hydrogen-bond donors (Lipinski definition) is 1. The van der Waals surface area contributed by atoms with Gasteiger partial charge in [-0.15, -0.1) is 0 Å². The summed E-state index contributed by atoms with van der Waals surface area (Å²) in [6.07, 6.45) is 0. The lowest BCUT2D eigenvalue weighted by atomic mass is 10.1. The van der Waals surface area contributed by atoms with E-state index in [0.29, 0.717) is 11.3 Å². The molecule has 2 rings (SSSR count). The summed E-state index contributed by atoms with van der Waals surface area (Å²) < 4.78 is 9.94. The van der Waals surface area contributed by atoms with E-state index in [2.05, 4.69) is 15.0 Å². The molecular formula is C13H14N2O3. The predicted octanol–water partition coefficient (Wildman–Crippen LogP) is 2.07. The first-order valence-corrected chi connectivity index (χ1v) is 5.45. The van der Waals surface area contributed by atoms with Crippen LogP contribution in [0.1, 0.15) is 10.5 Å². The molecule has 94 valence electrons. The van der Waals surface area contributed by atoms with E-state index in [1.165, 1.54) is 7.11 Å². The second-order valence-corrected chi connectivity index (χ2v) is 3.65. The SMILES string of the molecule is CNc1cc(C(=O)OC)nc2c(OC)cccc12. The highest BCUT2D eigenvalue weighted by atomic mass is 16.5. The lowest BCUT2D eigenvalue weighted by Crippen LogP contribution is -2.06. The van der Waals surface area contributed by atoms with Gasteiger partial charge >= 0.3 is 5.97 Å². The lowest BCUT2D eigenvalue weighted by molar-refractivity contribution is 0.0594. The second-order valence-electron chi connectivity index (χ2n) is 3.65. The highest BCUT2D eigenvalue weighted by Gasteiger charge is 2.14. The number of pyridine rings is 1. The number of nitrogens with zero attached hydrogens (tertiary/aromatic N) is 1. The fourth-order valence-corrected chi connectivity index (χ4v) is 1.80. The standard InChI is InChI=1S/C13H14N2O3/c1-14-9-7-10(13(16)18-3)15-12-8(9)5-4-6-11(12)17-2/h4-7H,1-3H3,(H,14,15). The molecule has 0 amide bonds. The Morgan fingerprint density at radius 3 is 2.72 bits per heavy atom. The summed E-state index contributed by atoms with van der Waals surface area (Å²) in [5.41, 5.74) is 1.69. The number of carbonyl (C=O) groups excluding carboxylic acids is 1. The van der Waals surface area contributed by atoms with Gasteiger partial charge < -0.3 is 14.8 Å². The average Bonchev–Trinajstić information content (AvgIpc) is 2.44. The van der Waals surface area contributed by atoms with Gasteiger partial charge in [-0.2, -0.15) is 0 Å². The molecule has 0 spiro atoms. The molecule has 0 saturated heterocycles. The Labute approximate surface area is 105 Å². The summed E-state index contributed by atoms with van der Waals surface area (Å²) in [6, 6.07) is 7.25. The number of benzene rings is 1. The molecule has 0 unspecified atom stereocenters. The Bertz CT molecular complexity index is 596. The summed E-state index contributed by atoms with van der Waals surface area (Å²) >= 11 is 0. The molecule has 1 aromatic heterocycles. The molecule has 0 atom stereocenters. The molecule has 5 heteroatoms. The maximum atomic E-state index is 11.6. The number of anilines is 1. The van der Waals surface area contributed by atoms with Crippen LogP contribution in [0, 0.1) is 0 Å². The molecular weight excluding hydrogens is 232 g/mol. The molecule has 1 N–H and O–H groups in total. The van der Waals surface area contributed by atoms with Gasteiger partial charge in [0.2, 0.25) is 0 Å². The number of ether oxygens (including phenoxy) is 2. The number of rotatable bonds is 3. The molecule has 5 nitrogen and oxygen atoms in total. The first-order chi connectivity index (χ1) is 8.71. The van der Waals surface area contributed by atoms with Gasteiger partial charge in [-0.3, -0.25) is 0 Å². The van der Waals surface area contributed by atoms with Crippen molar-refractivity contribution < 1.29 is 14.3 Å².